The van der Waals surface area contributed by atoms with Gasteiger partial charge >= 0.3 is 6.01 Å². The number of nitriles is 1. The summed E-state index contributed by atoms with van der Waals surface area (Å²) in [4.78, 5) is 18.1. The first kappa shape index (κ1) is 27.9. The third kappa shape index (κ3) is 4.53. The summed E-state index contributed by atoms with van der Waals surface area (Å²) in [6.45, 7) is 2.62. The number of rotatable bonds is 5. The number of anilines is 1. The smallest absolute Gasteiger partial charge is 0.319 e. The molecule has 228 valence electrons. The molecule has 11 heteroatoms. The lowest BCUT2D eigenvalue weighted by Crippen LogP contribution is -2.51. The van der Waals surface area contributed by atoms with Gasteiger partial charge in [-0.25, -0.2) is 13.8 Å². The van der Waals surface area contributed by atoms with E-state index in [2.05, 4.69) is 37.1 Å². The number of fused-ring (bicyclic) bond motifs is 5. The van der Waals surface area contributed by atoms with Crippen molar-refractivity contribution in [1.82, 2.24) is 25.2 Å². The minimum Gasteiger partial charge on any atom is -0.508 e. The highest BCUT2D eigenvalue weighted by atomic mass is 19.1. The Labute approximate surface area is 258 Å². The summed E-state index contributed by atoms with van der Waals surface area (Å²) < 4.78 is 37.7. The maximum Gasteiger partial charge on any atom is 0.319 e. The molecule has 45 heavy (non-hydrogen) atoms. The van der Waals surface area contributed by atoms with Crippen LogP contribution in [0.3, 0.4) is 0 Å². The fourth-order valence-corrected chi connectivity index (χ4v) is 8.02. The van der Waals surface area contributed by atoms with Gasteiger partial charge in [0.25, 0.3) is 0 Å². The van der Waals surface area contributed by atoms with Crippen LogP contribution in [0.1, 0.15) is 43.4 Å². The van der Waals surface area contributed by atoms with Crippen molar-refractivity contribution in [1.29, 1.82) is 5.26 Å². The van der Waals surface area contributed by atoms with Crippen LogP contribution in [0.15, 0.2) is 30.3 Å². The lowest BCUT2D eigenvalue weighted by atomic mass is 9.95. The van der Waals surface area contributed by atoms with Crippen molar-refractivity contribution in [3.05, 3.63) is 47.4 Å². The number of hydrogen-bond acceptors (Lipinski definition) is 9. The molecule has 0 amide bonds. The molecule has 8 rings (SSSR count). The highest BCUT2D eigenvalue weighted by Crippen LogP contribution is 2.42. The zero-order chi connectivity index (χ0) is 30.9. The molecule has 0 aliphatic carbocycles. The average Bonchev–Trinajstić information content (AvgIpc) is 3.69. The van der Waals surface area contributed by atoms with Gasteiger partial charge in [-0.2, -0.15) is 15.2 Å². The van der Waals surface area contributed by atoms with Crippen LogP contribution in [0.25, 0.3) is 32.9 Å². The van der Waals surface area contributed by atoms with Crippen LogP contribution in [0, 0.1) is 29.5 Å². The normalized spacial score (nSPS) is 25.9. The summed E-state index contributed by atoms with van der Waals surface area (Å²) in [6.07, 6.45) is 9.05. The number of aromatic hydroxyl groups is 1. The van der Waals surface area contributed by atoms with Crippen molar-refractivity contribution in [3.8, 4) is 41.4 Å². The van der Waals surface area contributed by atoms with Crippen molar-refractivity contribution in [2.45, 2.75) is 55.9 Å². The number of alkyl halides is 1. The maximum atomic E-state index is 16.9. The van der Waals surface area contributed by atoms with Gasteiger partial charge in [-0.05, 0) is 55.8 Å². The van der Waals surface area contributed by atoms with Crippen molar-refractivity contribution in [2.24, 2.45) is 0 Å². The lowest BCUT2D eigenvalue weighted by molar-refractivity contribution is 0.107. The molecule has 4 fully saturated rings. The van der Waals surface area contributed by atoms with Gasteiger partial charge in [0.2, 0.25) is 0 Å². The van der Waals surface area contributed by atoms with E-state index < -0.39 is 17.5 Å². The van der Waals surface area contributed by atoms with Crippen LogP contribution in [0.2, 0.25) is 0 Å². The number of terminal acetylenes is 1. The Hall–Kier alpha value is -4.58. The molecule has 2 bridgehead atoms. The summed E-state index contributed by atoms with van der Waals surface area (Å²) in [5.41, 5.74) is -0.00679. The van der Waals surface area contributed by atoms with Crippen molar-refractivity contribution in [2.75, 3.05) is 37.7 Å². The predicted octanol–water partition coefficient (Wildman–Crippen LogP) is 4.44. The zero-order valence-electron chi connectivity index (χ0n) is 24.6. The summed E-state index contributed by atoms with van der Waals surface area (Å²) in [6, 6.07) is 10.8. The van der Waals surface area contributed by atoms with E-state index in [4.69, 9.17) is 16.1 Å². The first-order chi connectivity index (χ1) is 21.9. The van der Waals surface area contributed by atoms with Gasteiger partial charge in [0, 0.05) is 54.7 Å². The molecule has 0 radical (unpaired) electrons. The van der Waals surface area contributed by atoms with E-state index in [9.17, 15) is 14.8 Å². The molecule has 4 aromatic rings. The van der Waals surface area contributed by atoms with Crippen LogP contribution < -0.4 is 15.0 Å². The monoisotopic (exact) mass is 607 g/mol. The van der Waals surface area contributed by atoms with E-state index in [0.717, 1.165) is 32.2 Å². The molecule has 0 saturated carbocycles. The molecule has 0 spiro atoms. The number of pyridine rings is 1. The van der Waals surface area contributed by atoms with E-state index in [1.165, 1.54) is 6.07 Å². The molecule has 4 aliphatic heterocycles. The summed E-state index contributed by atoms with van der Waals surface area (Å²) in [7, 11) is 0. The second-order valence-electron chi connectivity index (χ2n) is 12.7. The van der Waals surface area contributed by atoms with E-state index in [-0.39, 0.29) is 58.3 Å². The summed E-state index contributed by atoms with van der Waals surface area (Å²) in [5, 5.41) is 25.9. The zero-order valence-corrected chi connectivity index (χ0v) is 24.6. The Kier molecular flexibility index (Phi) is 6.52. The Morgan fingerprint density at radius 1 is 1.13 bits per heavy atom. The molecule has 2 aromatic heterocycles. The van der Waals surface area contributed by atoms with Gasteiger partial charge in [-0.15, -0.1) is 6.42 Å². The van der Waals surface area contributed by atoms with Crippen LogP contribution >= 0.6 is 0 Å². The Morgan fingerprint density at radius 2 is 1.96 bits per heavy atom. The second-order valence-corrected chi connectivity index (χ2v) is 12.7. The van der Waals surface area contributed by atoms with Crippen LogP contribution in [0.5, 0.6) is 11.8 Å². The van der Waals surface area contributed by atoms with Crippen LogP contribution in [-0.2, 0) is 0 Å². The topological polar surface area (TPSA) is 110 Å². The molecule has 9 nitrogen and oxygen atoms in total. The largest absolute Gasteiger partial charge is 0.508 e. The SMILES string of the molecule is C#Cc1cccc2cc(O)cc(-c3nc(C#N)c4c(N5CC6CCC(C5)N6)nc(OC[C@@]56CCCN5C[C@H](F)C6)nc4c3F)c12. The number of nitrogens with zero attached hydrogens (tertiary/aromatic N) is 6. The molecule has 2 aromatic carbocycles. The van der Waals surface area contributed by atoms with Crippen molar-refractivity contribution < 1.29 is 18.6 Å². The number of piperazine rings is 1. The summed E-state index contributed by atoms with van der Waals surface area (Å²) >= 11 is 0. The lowest BCUT2D eigenvalue weighted by Gasteiger charge is -2.34. The van der Waals surface area contributed by atoms with Crippen LogP contribution in [0.4, 0.5) is 14.6 Å². The molecular formula is C34H31F2N7O2. The fourth-order valence-electron chi connectivity index (χ4n) is 8.02. The maximum absolute atomic E-state index is 16.9. The number of aromatic nitrogens is 3. The number of nitrogens with one attached hydrogen (secondary N) is 1. The van der Waals surface area contributed by atoms with Gasteiger partial charge in [0.05, 0.1) is 10.9 Å². The van der Waals surface area contributed by atoms with Gasteiger partial charge in [-0.1, -0.05) is 18.1 Å². The first-order valence-electron chi connectivity index (χ1n) is 15.4. The Bertz CT molecular complexity index is 1940. The Balaban J connectivity index is 1.32. The standard InChI is InChI=1S/C34H31F2N7O2/c1-2-19-5-3-6-20-11-24(44)12-25(27(19)20)30-29(36)31-28(26(14-37)39-30)32(42-16-22-7-8-23(17-42)38-22)41-33(40-31)45-18-34-9-4-10-43(34)15-21(35)13-34/h1,3,5-6,11-12,21-23,38,44H,4,7-10,13,15-18H2/t21-,22?,23?,34+/m1/s1. The van der Waals surface area contributed by atoms with Gasteiger partial charge in [0.15, 0.2) is 11.5 Å². The average molecular weight is 608 g/mol. The number of ether oxygens (including phenoxy) is 1. The van der Waals surface area contributed by atoms with Crippen molar-refractivity contribution in [3.63, 3.8) is 0 Å². The Morgan fingerprint density at radius 3 is 2.73 bits per heavy atom. The minimum atomic E-state index is -0.924. The highest BCUT2D eigenvalue weighted by molar-refractivity contribution is 6.03. The number of phenolic OH excluding ortho intramolecular Hbond substituents is 1. The molecule has 4 saturated heterocycles. The van der Waals surface area contributed by atoms with E-state index in [1.807, 2.05) is 0 Å². The van der Waals surface area contributed by atoms with Gasteiger partial charge in [0.1, 0.15) is 41.6 Å². The minimum absolute atomic E-state index is 0.0306. The third-order valence-corrected chi connectivity index (χ3v) is 9.97. The number of hydrogen-bond donors (Lipinski definition) is 2. The number of benzene rings is 2. The molecule has 2 N–H and O–H groups in total. The molecule has 2 unspecified atom stereocenters. The quantitative estimate of drug-likeness (QED) is 0.318. The number of phenols is 1. The van der Waals surface area contributed by atoms with Gasteiger partial charge in [-0.3, -0.25) is 4.90 Å². The first-order valence-corrected chi connectivity index (χ1v) is 15.4. The molecule has 4 atom stereocenters. The van der Waals surface area contributed by atoms with Crippen molar-refractivity contribution >= 4 is 27.5 Å². The van der Waals surface area contributed by atoms with E-state index >= 15 is 4.39 Å². The molecule has 6 heterocycles. The number of halogens is 2. The van der Waals surface area contributed by atoms with E-state index in [1.54, 1.807) is 24.3 Å². The van der Waals surface area contributed by atoms with Gasteiger partial charge < -0.3 is 20.1 Å². The third-order valence-electron chi connectivity index (χ3n) is 9.97. The second kappa shape index (κ2) is 10.5. The van der Waals surface area contributed by atoms with Crippen LogP contribution in [-0.4, -0.2) is 81.5 Å². The van der Waals surface area contributed by atoms with E-state index in [0.29, 0.717) is 48.2 Å². The molecule has 4 aliphatic rings. The molecular weight excluding hydrogens is 576 g/mol. The fraction of sp³-hybridized carbons (Fsp3) is 0.412. The summed E-state index contributed by atoms with van der Waals surface area (Å²) in [5.74, 6) is 2.15. The highest BCUT2D eigenvalue weighted by Gasteiger charge is 2.49. The predicted molar refractivity (Wildman–Crippen MR) is 165 cm³/mol.